The van der Waals surface area contributed by atoms with Crippen LogP contribution in [0.15, 0.2) is 102 Å². The van der Waals surface area contributed by atoms with Crippen LogP contribution in [0.4, 0.5) is 5.69 Å². The Morgan fingerprint density at radius 1 is 0.927 bits per heavy atom. The predicted molar refractivity (Wildman–Crippen MR) is 163 cm³/mol. The fourth-order valence-electron chi connectivity index (χ4n) is 4.05. The molecule has 0 bridgehead atoms. The van der Waals surface area contributed by atoms with E-state index in [1.54, 1.807) is 48.5 Å². The van der Waals surface area contributed by atoms with E-state index in [1.165, 1.54) is 17.6 Å². The fraction of sp³-hybridized carbons (Fsp3) is 0.0625. The lowest BCUT2D eigenvalue weighted by Crippen LogP contribution is -2.18. The van der Waals surface area contributed by atoms with Gasteiger partial charge in [-0.2, -0.15) is 5.10 Å². The Kier molecular flexibility index (Phi) is 8.53. The molecule has 0 aliphatic rings. The number of anilines is 1. The molecule has 0 unspecified atom stereocenters. The molecule has 5 aromatic rings. The van der Waals surface area contributed by atoms with Crippen LogP contribution in [-0.2, 0) is 11.2 Å². The van der Waals surface area contributed by atoms with Gasteiger partial charge in [0.25, 0.3) is 5.91 Å². The number of nitrogens with zero attached hydrogens (tertiary/aromatic N) is 1. The van der Waals surface area contributed by atoms with Crippen LogP contribution in [-0.4, -0.2) is 24.0 Å². The van der Waals surface area contributed by atoms with E-state index < -0.39 is 11.9 Å². The molecule has 5 rings (SSSR count). The number of fused-ring (bicyclic) bond motifs is 1. The number of halogens is 1. The maximum atomic E-state index is 13.0. The Morgan fingerprint density at radius 2 is 1.66 bits per heavy atom. The number of hydrazone groups is 1. The molecule has 0 spiro atoms. The number of hydrogen-bond donors (Lipinski definition) is 2. The molecule has 41 heavy (non-hydrogen) atoms. The van der Waals surface area contributed by atoms with Gasteiger partial charge in [-0.1, -0.05) is 66.2 Å². The van der Waals surface area contributed by atoms with Crippen LogP contribution in [0.25, 0.3) is 10.1 Å². The monoisotopic (exact) mass is 581 g/mol. The van der Waals surface area contributed by atoms with Crippen LogP contribution in [0, 0.1) is 6.92 Å². The van der Waals surface area contributed by atoms with Gasteiger partial charge in [-0.05, 0) is 60.5 Å². The summed E-state index contributed by atoms with van der Waals surface area (Å²) in [6.07, 6.45) is 1.65. The van der Waals surface area contributed by atoms with E-state index in [-0.39, 0.29) is 18.1 Å². The van der Waals surface area contributed by atoms with Gasteiger partial charge in [-0.15, -0.1) is 11.3 Å². The molecule has 0 radical (unpaired) electrons. The lowest BCUT2D eigenvalue weighted by molar-refractivity contribution is -0.115. The number of rotatable bonds is 8. The van der Waals surface area contributed by atoms with Gasteiger partial charge >= 0.3 is 5.97 Å². The summed E-state index contributed by atoms with van der Waals surface area (Å²) >= 11 is 7.74. The van der Waals surface area contributed by atoms with Crippen molar-refractivity contribution in [3.63, 3.8) is 0 Å². The summed E-state index contributed by atoms with van der Waals surface area (Å²) in [7, 11) is 0. The lowest BCUT2D eigenvalue weighted by atomic mass is 10.1. The molecule has 0 saturated carbocycles. The molecule has 0 atom stereocenters. The van der Waals surface area contributed by atoms with Gasteiger partial charge in [0.05, 0.1) is 17.7 Å². The summed E-state index contributed by atoms with van der Waals surface area (Å²) in [6.45, 7) is 1.97. The number of amides is 2. The highest BCUT2D eigenvalue weighted by Gasteiger charge is 2.20. The molecule has 2 N–H and O–H groups in total. The van der Waals surface area contributed by atoms with Crippen molar-refractivity contribution in [3.05, 3.63) is 129 Å². The molecule has 7 nitrogen and oxygen atoms in total. The number of carbonyl (C=O) groups is 3. The minimum Gasteiger partial charge on any atom is -0.422 e. The van der Waals surface area contributed by atoms with E-state index in [0.717, 1.165) is 21.2 Å². The zero-order chi connectivity index (χ0) is 28.8. The van der Waals surface area contributed by atoms with Crippen molar-refractivity contribution in [2.45, 2.75) is 13.3 Å². The number of thiophene rings is 1. The van der Waals surface area contributed by atoms with Crippen LogP contribution in [0.3, 0.4) is 0 Å². The highest BCUT2D eigenvalue weighted by molar-refractivity contribution is 7.21. The second kappa shape index (κ2) is 12.6. The summed E-state index contributed by atoms with van der Waals surface area (Å²) in [4.78, 5) is 38.1. The molecule has 0 aliphatic heterocycles. The number of hydrogen-bond acceptors (Lipinski definition) is 6. The third kappa shape index (κ3) is 6.87. The van der Waals surface area contributed by atoms with Gasteiger partial charge < -0.3 is 10.1 Å². The molecule has 204 valence electrons. The lowest BCUT2D eigenvalue weighted by Gasteiger charge is -2.07. The van der Waals surface area contributed by atoms with Crippen LogP contribution < -0.4 is 15.5 Å². The molecule has 0 aliphatic carbocycles. The quantitative estimate of drug-likeness (QED) is 0.0890. The minimum atomic E-state index is -0.574. The second-order valence-corrected chi connectivity index (χ2v) is 10.6. The third-order valence-electron chi connectivity index (χ3n) is 6.10. The molecule has 4 aromatic carbocycles. The summed E-state index contributed by atoms with van der Waals surface area (Å²) in [6, 6.07) is 28.6. The van der Waals surface area contributed by atoms with E-state index in [9.17, 15) is 14.4 Å². The first-order valence-corrected chi connectivity index (χ1v) is 13.8. The number of esters is 1. The van der Waals surface area contributed by atoms with Gasteiger partial charge in [0.15, 0.2) is 0 Å². The van der Waals surface area contributed by atoms with Gasteiger partial charge in [-0.25, -0.2) is 10.2 Å². The van der Waals surface area contributed by atoms with E-state index in [4.69, 9.17) is 16.3 Å². The number of nitrogens with one attached hydrogen (secondary N) is 2. The molecule has 1 heterocycles. The molecule has 1 aromatic heterocycles. The fourth-order valence-corrected chi connectivity index (χ4v) is 5.53. The van der Waals surface area contributed by atoms with Crippen molar-refractivity contribution in [2.24, 2.45) is 5.10 Å². The SMILES string of the molecule is Cc1ccc2c(Cl)c(C(=O)Oc3ccccc3/C=N\NC(=O)c3ccc(NC(=O)Cc4ccccc4)cc3)sc2c1. The Balaban J connectivity index is 1.19. The van der Waals surface area contributed by atoms with Crippen LogP contribution in [0.1, 0.15) is 36.7 Å². The molecule has 0 saturated heterocycles. The first-order chi connectivity index (χ1) is 19.9. The zero-order valence-corrected chi connectivity index (χ0v) is 23.5. The van der Waals surface area contributed by atoms with E-state index >= 15 is 0 Å². The predicted octanol–water partition coefficient (Wildman–Crippen LogP) is 7.03. The topological polar surface area (TPSA) is 96.9 Å². The number of para-hydroxylation sites is 1. The third-order valence-corrected chi connectivity index (χ3v) is 7.74. The Hall–Kier alpha value is -4.79. The van der Waals surface area contributed by atoms with Gasteiger partial charge in [0, 0.05) is 26.9 Å². The van der Waals surface area contributed by atoms with Crippen molar-refractivity contribution in [1.29, 1.82) is 0 Å². The Bertz CT molecular complexity index is 1770. The maximum Gasteiger partial charge on any atom is 0.355 e. The van der Waals surface area contributed by atoms with Crippen molar-refractivity contribution in [3.8, 4) is 5.75 Å². The zero-order valence-electron chi connectivity index (χ0n) is 21.9. The van der Waals surface area contributed by atoms with Crippen LogP contribution in [0.2, 0.25) is 5.02 Å². The van der Waals surface area contributed by atoms with E-state index in [1.807, 2.05) is 55.5 Å². The maximum absolute atomic E-state index is 13.0. The Morgan fingerprint density at radius 3 is 2.44 bits per heavy atom. The smallest absolute Gasteiger partial charge is 0.355 e. The van der Waals surface area contributed by atoms with Crippen molar-refractivity contribution in [2.75, 3.05) is 5.32 Å². The van der Waals surface area contributed by atoms with Crippen molar-refractivity contribution >= 4 is 62.7 Å². The van der Waals surface area contributed by atoms with E-state index in [2.05, 4.69) is 15.8 Å². The van der Waals surface area contributed by atoms with E-state index in [0.29, 0.717) is 26.7 Å². The summed E-state index contributed by atoms with van der Waals surface area (Å²) < 4.78 is 6.55. The minimum absolute atomic E-state index is 0.151. The largest absolute Gasteiger partial charge is 0.422 e. The standard InChI is InChI=1S/C32H24ClN3O4S/c1-20-11-16-25-27(17-20)41-30(29(25)33)32(39)40-26-10-6-5-9-23(26)19-34-36-31(38)22-12-14-24(15-13-22)35-28(37)18-21-7-3-2-4-8-21/h2-17,19H,18H2,1H3,(H,35,37)(H,36,38)/b34-19-. The van der Waals surface area contributed by atoms with Crippen molar-refractivity contribution in [1.82, 2.24) is 5.43 Å². The van der Waals surface area contributed by atoms with Gasteiger partial charge in [-0.3, -0.25) is 9.59 Å². The highest BCUT2D eigenvalue weighted by Crippen LogP contribution is 2.36. The molecule has 2 amide bonds. The molecular formula is C32H24ClN3O4S. The Labute approximate surface area is 245 Å². The number of carbonyl (C=O) groups excluding carboxylic acids is 3. The highest BCUT2D eigenvalue weighted by atomic mass is 35.5. The molecule has 0 fully saturated rings. The normalized spacial score (nSPS) is 11.0. The first-order valence-electron chi connectivity index (χ1n) is 12.6. The van der Waals surface area contributed by atoms with Crippen LogP contribution >= 0.6 is 22.9 Å². The number of benzene rings is 4. The van der Waals surface area contributed by atoms with Gasteiger partial charge in [0.2, 0.25) is 5.91 Å². The first kappa shape index (κ1) is 27.8. The summed E-state index contributed by atoms with van der Waals surface area (Å²) in [5.41, 5.74) is 5.88. The number of aryl methyl sites for hydroxylation is 1. The van der Waals surface area contributed by atoms with Crippen molar-refractivity contribution < 1.29 is 19.1 Å². The number of ether oxygens (including phenoxy) is 1. The van der Waals surface area contributed by atoms with Gasteiger partial charge in [0.1, 0.15) is 10.6 Å². The average Bonchev–Trinajstić information content (AvgIpc) is 3.30. The van der Waals surface area contributed by atoms with Crippen LogP contribution in [0.5, 0.6) is 5.75 Å². The second-order valence-electron chi connectivity index (χ2n) is 9.16. The average molecular weight is 582 g/mol. The summed E-state index contributed by atoms with van der Waals surface area (Å²) in [5, 5.41) is 8.01. The molecular weight excluding hydrogens is 558 g/mol. The molecule has 9 heteroatoms. The summed E-state index contributed by atoms with van der Waals surface area (Å²) in [5.74, 6) is -0.891.